The maximum absolute atomic E-state index is 12.8. The number of hydrogen-bond donors (Lipinski definition) is 3. The Kier molecular flexibility index (Phi) is 7.23. The lowest BCUT2D eigenvalue weighted by Gasteiger charge is -2.21. The number of rotatable bonds is 6. The lowest BCUT2D eigenvalue weighted by atomic mass is 10.0. The van der Waals surface area contributed by atoms with Gasteiger partial charge in [0.25, 0.3) is 0 Å². The zero-order valence-corrected chi connectivity index (χ0v) is 15.5. The Morgan fingerprint density at radius 3 is 2.44 bits per heavy atom. The van der Waals surface area contributed by atoms with E-state index in [1.165, 1.54) is 0 Å². The molecule has 5 nitrogen and oxygen atoms in total. The van der Waals surface area contributed by atoms with Gasteiger partial charge in [-0.1, -0.05) is 46.3 Å². The maximum atomic E-state index is 12.8. The summed E-state index contributed by atoms with van der Waals surface area (Å²) >= 11 is 3.05. The highest BCUT2D eigenvalue weighted by Gasteiger charge is 2.32. The van der Waals surface area contributed by atoms with Crippen molar-refractivity contribution >= 4 is 22.0 Å². The van der Waals surface area contributed by atoms with Crippen LogP contribution in [-0.4, -0.2) is 29.0 Å². The summed E-state index contributed by atoms with van der Waals surface area (Å²) in [7, 11) is 0. The summed E-state index contributed by atoms with van der Waals surface area (Å²) in [5, 5.41) is 22.4. The molecule has 27 heavy (non-hydrogen) atoms. The molecule has 0 saturated heterocycles. The normalized spacial score (nSPS) is 13.7. The van der Waals surface area contributed by atoms with Crippen LogP contribution in [0.1, 0.15) is 22.8 Å². The van der Waals surface area contributed by atoms with Crippen LogP contribution in [0.2, 0.25) is 0 Å². The number of alkyl halides is 3. The van der Waals surface area contributed by atoms with Crippen LogP contribution in [0.3, 0.4) is 0 Å². The van der Waals surface area contributed by atoms with Gasteiger partial charge in [-0.25, -0.2) is 4.79 Å². The molecule has 1 amide bonds. The standard InChI is InChI=1S/C18H17BrF3NO4/c19-14-7-6-12(18(20,21)22)8-13(14)16(25)15(24)9-23-17(26)27-10-11-4-2-1-3-5-11/h1-8,15-16,24-25H,9-10H2,(H,23,26). The summed E-state index contributed by atoms with van der Waals surface area (Å²) in [4.78, 5) is 11.6. The maximum Gasteiger partial charge on any atom is 0.416 e. The van der Waals surface area contributed by atoms with Gasteiger partial charge in [-0.2, -0.15) is 13.2 Å². The third kappa shape index (κ3) is 6.23. The minimum Gasteiger partial charge on any atom is -0.445 e. The molecule has 0 saturated carbocycles. The van der Waals surface area contributed by atoms with E-state index < -0.39 is 36.6 Å². The molecule has 146 valence electrons. The Balaban J connectivity index is 1.91. The van der Waals surface area contributed by atoms with Crippen molar-refractivity contribution in [2.24, 2.45) is 0 Å². The van der Waals surface area contributed by atoms with Crippen molar-refractivity contribution < 1.29 is 32.9 Å². The van der Waals surface area contributed by atoms with Gasteiger partial charge in [0.15, 0.2) is 0 Å². The molecule has 0 aromatic heterocycles. The van der Waals surface area contributed by atoms with Crippen LogP contribution < -0.4 is 5.32 Å². The highest BCUT2D eigenvalue weighted by Crippen LogP contribution is 2.34. The summed E-state index contributed by atoms with van der Waals surface area (Å²) in [5.74, 6) is 0. The van der Waals surface area contributed by atoms with E-state index in [9.17, 15) is 28.2 Å². The van der Waals surface area contributed by atoms with Crippen molar-refractivity contribution in [3.05, 3.63) is 69.7 Å². The van der Waals surface area contributed by atoms with Crippen LogP contribution in [-0.2, 0) is 17.5 Å². The summed E-state index contributed by atoms with van der Waals surface area (Å²) in [6, 6.07) is 11.6. The number of ether oxygens (including phenoxy) is 1. The van der Waals surface area contributed by atoms with E-state index in [1.54, 1.807) is 24.3 Å². The third-order valence-electron chi connectivity index (χ3n) is 3.67. The van der Waals surface area contributed by atoms with E-state index >= 15 is 0 Å². The number of aliphatic hydroxyl groups is 2. The van der Waals surface area contributed by atoms with Gasteiger partial charge in [-0.05, 0) is 29.3 Å². The average Bonchev–Trinajstić information content (AvgIpc) is 2.64. The number of amides is 1. The van der Waals surface area contributed by atoms with Gasteiger partial charge in [-0.15, -0.1) is 0 Å². The fourth-order valence-corrected chi connectivity index (χ4v) is 2.71. The molecule has 0 bridgehead atoms. The van der Waals surface area contributed by atoms with Crippen molar-refractivity contribution in [1.82, 2.24) is 5.32 Å². The lowest BCUT2D eigenvalue weighted by Crippen LogP contribution is -2.36. The van der Waals surface area contributed by atoms with Crippen molar-refractivity contribution in [1.29, 1.82) is 0 Å². The molecule has 3 N–H and O–H groups in total. The second-order valence-corrected chi connectivity index (χ2v) is 6.54. The number of aliphatic hydroxyl groups excluding tert-OH is 2. The molecule has 2 aromatic carbocycles. The number of alkyl carbamates (subject to hydrolysis) is 1. The highest BCUT2D eigenvalue weighted by molar-refractivity contribution is 9.10. The van der Waals surface area contributed by atoms with Crippen molar-refractivity contribution in [3.8, 4) is 0 Å². The third-order valence-corrected chi connectivity index (χ3v) is 4.40. The molecule has 0 fully saturated rings. The molecule has 0 aliphatic carbocycles. The zero-order valence-electron chi connectivity index (χ0n) is 13.9. The summed E-state index contributed by atoms with van der Waals surface area (Å²) in [6.45, 7) is -0.387. The number of benzene rings is 2. The van der Waals surface area contributed by atoms with Crippen LogP contribution >= 0.6 is 15.9 Å². The highest BCUT2D eigenvalue weighted by atomic mass is 79.9. The number of nitrogens with one attached hydrogen (secondary N) is 1. The second kappa shape index (κ2) is 9.20. The molecule has 0 radical (unpaired) electrons. The largest absolute Gasteiger partial charge is 0.445 e. The first-order chi connectivity index (χ1) is 12.7. The van der Waals surface area contributed by atoms with E-state index in [1.807, 2.05) is 6.07 Å². The molecule has 2 aromatic rings. The fourth-order valence-electron chi connectivity index (χ4n) is 2.23. The van der Waals surface area contributed by atoms with Crippen LogP contribution in [0.4, 0.5) is 18.0 Å². The Morgan fingerprint density at radius 2 is 1.81 bits per heavy atom. The molecule has 2 atom stereocenters. The first-order valence-electron chi connectivity index (χ1n) is 7.86. The van der Waals surface area contributed by atoms with Crippen LogP contribution in [0, 0.1) is 0 Å². The van der Waals surface area contributed by atoms with Gasteiger partial charge in [0, 0.05) is 11.0 Å². The minimum atomic E-state index is -4.58. The zero-order chi connectivity index (χ0) is 20.0. The van der Waals surface area contributed by atoms with E-state index in [-0.39, 0.29) is 16.6 Å². The van der Waals surface area contributed by atoms with E-state index in [2.05, 4.69) is 21.2 Å². The van der Waals surface area contributed by atoms with Crippen molar-refractivity contribution in [3.63, 3.8) is 0 Å². The number of carbonyl (C=O) groups is 1. The molecule has 2 rings (SSSR count). The Morgan fingerprint density at radius 1 is 1.15 bits per heavy atom. The topological polar surface area (TPSA) is 78.8 Å². The van der Waals surface area contributed by atoms with E-state index in [0.717, 1.165) is 23.8 Å². The van der Waals surface area contributed by atoms with E-state index in [0.29, 0.717) is 0 Å². The number of carbonyl (C=O) groups excluding carboxylic acids is 1. The van der Waals surface area contributed by atoms with Gasteiger partial charge < -0.3 is 20.3 Å². The number of halogens is 4. The van der Waals surface area contributed by atoms with Gasteiger partial charge >= 0.3 is 12.3 Å². The van der Waals surface area contributed by atoms with Crippen LogP contribution in [0.25, 0.3) is 0 Å². The first kappa shape index (κ1) is 21.2. The second-order valence-electron chi connectivity index (χ2n) is 5.69. The van der Waals surface area contributed by atoms with Crippen LogP contribution in [0.15, 0.2) is 53.0 Å². The lowest BCUT2D eigenvalue weighted by molar-refractivity contribution is -0.137. The molecule has 0 aliphatic heterocycles. The quantitative estimate of drug-likeness (QED) is 0.629. The van der Waals surface area contributed by atoms with Gasteiger partial charge in [0.05, 0.1) is 5.56 Å². The molecular formula is C18H17BrF3NO4. The summed E-state index contributed by atoms with van der Waals surface area (Å²) in [6.07, 6.45) is -8.59. The van der Waals surface area contributed by atoms with Crippen LogP contribution in [0.5, 0.6) is 0 Å². The minimum absolute atomic E-state index is 0.0184. The molecule has 0 heterocycles. The fraction of sp³-hybridized carbons (Fsp3) is 0.278. The molecule has 0 spiro atoms. The molecule has 9 heteroatoms. The molecule has 2 unspecified atom stereocenters. The number of hydrogen-bond acceptors (Lipinski definition) is 4. The Labute approximate surface area is 161 Å². The average molecular weight is 448 g/mol. The molecular weight excluding hydrogens is 431 g/mol. The molecule has 0 aliphatic rings. The van der Waals surface area contributed by atoms with E-state index in [4.69, 9.17) is 4.74 Å². The SMILES string of the molecule is O=C(NCC(O)C(O)c1cc(C(F)(F)F)ccc1Br)OCc1ccccc1. The Bertz CT molecular complexity index is 771. The predicted molar refractivity (Wildman–Crippen MR) is 94.7 cm³/mol. The van der Waals surface area contributed by atoms with Gasteiger partial charge in [-0.3, -0.25) is 0 Å². The van der Waals surface area contributed by atoms with Gasteiger partial charge in [0.1, 0.15) is 18.8 Å². The van der Waals surface area contributed by atoms with Crippen molar-refractivity contribution in [2.75, 3.05) is 6.54 Å². The summed E-state index contributed by atoms with van der Waals surface area (Å²) < 4.78 is 43.6. The summed E-state index contributed by atoms with van der Waals surface area (Å²) in [5.41, 5.74) is -0.333. The smallest absolute Gasteiger partial charge is 0.416 e. The first-order valence-corrected chi connectivity index (χ1v) is 8.65. The van der Waals surface area contributed by atoms with Crippen molar-refractivity contribution in [2.45, 2.75) is 25.0 Å². The predicted octanol–water partition coefficient (Wildman–Crippen LogP) is 3.79. The van der Waals surface area contributed by atoms with Gasteiger partial charge in [0.2, 0.25) is 0 Å². The monoisotopic (exact) mass is 447 g/mol. The Hall–Kier alpha value is -2.10.